The van der Waals surface area contributed by atoms with Crippen LogP contribution in [0.3, 0.4) is 0 Å². The third-order valence-corrected chi connectivity index (χ3v) is 4.30. The zero-order valence-corrected chi connectivity index (χ0v) is 13.2. The number of nitrogens with one attached hydrogen (secondary N) is 1. The molecular formula is C13H12BrF3N2S. The molecule has 2 aromatic rings. The average molecular weight is 365 g/mol. The summed E-state index contributed by atoms with van der Waals surface area (Å²) >= 11 is 4.07. The number of aryl methyl sites for hydroxylation is 1. The van der Waals surface area contributed by atoms with Crippen molar-refractivity contribution in [1.29, 1.82) is 0 Å². The Balaban J connectivity index is 2.39. The molecule has 0 radical (unpaired) electrons. The van der Waals surface area contributed by atoms with Gasteiger partial charge < -0.3 is 5.32 Å². The van der Waals surface area contributed by atoms with Gasteiger partial charge in [-0.3, -0.25) is 0 Å². The Labute approximate surface area is 127 Å². The van der Waals surface area contributed by atoms with Gasteiger partial charge in [-0.15, -0.1) is 11.3 Å². The van der Waals surface area contributed by atoms with E-state index < -0.39 is 11.2 Å². The number of aromatic nitrogens is 1. The van der Waals surface area contributed by atoms with E-state index in [4.69, 9.17) is 0 Å². The molecule has 0 fully saturated rings. The topological polar surface area (TPSA) is 24.9 Å². The molecule has 0 aliphatic heterocycles. The molecule has 0 saturated heterocycles. The number of halogens is 4. The first kappa shape index (κ1) is 15.5. The van der Waals surface area contributed by atoms with E-state index in [2.05, 4.69) is 26.2 Å². The number of hydrogen-bond donors (Lipinski definition) is 1. The predicted molar refractivity (Wildman–Crippen MR) is 76.9 cm³/mol. The predicted octanol–water partition coefficient (Wildman–Crippen LogP) is 4.54. The molecule has 108 valence electrons. The highest BCUT2D eigenvalue weighted by Gasteiger charge is 2.35. The molecule has 1 N–H and O–H groups in total. The Kier molecular flexibility index (Phi) is 4.51. The van der Waals surface area contributed by atoms with E-state index >= 15 is 0 Å². The van der Waals surface area contributed by atoms with Crippen LogP contribution >= 0.6 is 27.3 Å². The highest BCUT2D eigenvalue weighted by atomic mass is 79.9. The highest BCUT2D eigenvalue weighted by molar-refractivity contribution is 9.10. The van der Waals surface area contributed by atoms with Crippen molar-refractivity contribution < 1.29 is 13.2 Å². The molecule has 1 atom stereocenters. The summed E-state index contributed by atoms with van der Waals surface area (Å²) in [6.45, 7) is 1.94. The van der Waals surface area contributed by atoms with Gasteiger partial charge >= 0.3 is 6.18 Å². The second kappa shape index (κ2) is 5.83. The summed E-state index contributed by atoms with van der Waals surface area (Å²) in [4.78, 5) is 4.01. The normalized spacial score (nSPS) is 13.5. The Morgan fingerprint density at radius 2 is 2.00 bits per heavy atom. The van der Waals surface area contributed by atoms with Gasteiger partial charge in [0.25, 0.3) is 0 Å². The molecule has 0 amide bonds. The fourth-order valence-corrected chi connectivity index (χ4v) is 3.50. The minimum atomic E-state index is -4.39. The van der Waals surface area contributed by atoms with E-state index in [-0.39, 0.29) is 6.04 Å². The van der Waals surface area contributed by atoms with Gasteiger partial charge in [0.15, 0.2) is 5.01 Å². The minimum Gasteiger partial charge on any atom is -0.309 e. The third kappa shape index (κ3) is 3.39. The molecular weight excluding hydrogens is 353 g/mol. The monoisotopic (exact) mass is 364 g/mol. The van der Waals surface area contributed by atoms with Crippen LogP contribution in [0.5, 0.6) is 0 Å². The summed E-state index contributed by atoms with van der Waals surface area (Å²) in [5, 5.41) is 2.22. The SMILES string of the molecule is CNC(c1cc(C)cc(Br)c1)c1cnc(C(F)(F)F)s1. The van der Waals surface area contributed by atoms with Crippen molar-refractivity contribution in [2.45, 2.75) is 19.1 Å². The number of hydrogen-bond acceptors (Lipinski definition) is 3. The zero-order chi connectivity index (χ0) is 14.9. The molecule has 1 unspecified atom stereocenters. The largest absolute Gasteiger partial charge is 0.443 e. The maximum Gasteiger partial charge on any atom is 0.443 e. The van der Waals surface area contributed by atoms with Gasteiger partial charge in [-0.2, -0.15) is 13.2 Å². The maximum atomic E-state index is 12.6. The average Bonchev–Trinajstić information content (AvgIpc) is 2.77. The summed E-state index contributed by atoms with van der Waals surface area (Å²) in [5.74, 6) is 0. The lowest BCUT2D eigenvalue weighted by Crippen LogP contribution is -2.16. The number of alkyl halides is 3. The molecule has 20 heavy (non-hydrogen) atoms. The minimum absolute atomic E-state index is 0.306. The fourth-order valence-electron chi connectivity index (χ4n) is 1.96. The number of thiazole rings is 1. The van der Waals surface area contributed by atoms with Crippen LogP contribution in [-0.4, -0.2) is 12.0 Å². The van der Waals surface area contributed by atoms with Crippen LogP contribution in [0.1, 0.15) is 27.1 Å². The van der Waals surface area contributed by atoms with Gasteiger partial charge in [-0.1, -0.05) is 22.0 Å². The maximum absolute atomic E-state index is 12.6. The van der Waals surface area contributed by atoms with Crippen LogP contribution in [0.4, 0.5) is 13.2 Å². The molecule has 0 aliphatic rings. The molecule has 0 aliphatic carbocycles. The van der Waals surface area contributed by atoms with Crippen molar-refractivity contribution in [2.24, 2.45) is 0 Å². The second-order valence-electron chi connectivity index (χ2n) is 4.35. The van der Waals surface area contributed by atoms with Crippen molar-refractivity contribution in [3.63, 3.8) is 0 Å². The zero-order valence-electron chi connectivity index (χ0n) is 10.8. The molecule has 7 heteroatoms. The van der Waals surface area contributed by atoms with Gasteiger partial charge in [0.2, 0.25) is 0 Å². The lowest BCUT2D eigenvalue weighted by atomic mass is 10.0. The summed E-state index contributed by atoms with van der Waals surface area (Å²) in [6.07, 6.45) is -3.11. The van der Waals surface area contributed by atoms with Crippen LogP contribution < -0.4 is 5.32 Å². The fraction of sp³-hybridized carbons (Fsp3) is 0.308. The molecule has 1 aromatic heterocycles. The van der Waals surface area contributed by atoms with E-state index in [9.17, 15) is 13.2 Å². The van der Waals surface area contributed by atoms with Crippen LogP contribution in [0.25, 0.3) is 0 Å². The summed E-state index contributed by atoms with van der Waals surface area (Å²) in [7, 11) is 1.72. The Hall–Kier alpha value is -0.920. The van der Waals surface area contributed by atoms with Crippen LogP contribution in [-0.2, 0) is 6.18 Å². The van der Waals surface area contributed by atoms with Crippen molar-refractivity contribution in [3.05, 3.63) is 49.9 Å². The quantitative estimate of drug-likeness (QED) is 0.864. The van der Waals surface area contributed by atoms with E-state index in [1.807, 2.05) is 25.1 Å². The highest BCUT2D eigenvalue weighted by Crippen LogP contribution is 2.36. The van der Waals surface area contributed by atoms with Crippen molar-refractivity contribution in [2.75, 3.05) is 7.05 Å². The lowest BCUT2D eigenvalue weighted by molar-refractivity contribution is -0.137. The van der Waals surface area contributed by atoms with Crippen LogP contribution in [0.2, 0.25) is 0 Å². The van der Waals surface area contributed by atoms with Gasteiger partial charge in [0.1, 0.15) is 0 Å². The first-order chi connectivity index (χ1) is 9.31. The smallest absolute Gasteiger partial charge is 0.309 e. The first-order valence-corrected chi connectivity index (χ1v) is 7.39. The number of benzene rings is 1. The number of nitrogens with zero attached hydrogens (tertiary/aromatic N) is 1. The van der Waals surface area contributed by atoms with Crippen molar-refractivity contribution >= 4 is 27.3 Å². The molecule has 1 heterocycles. The van der Waals surface area contributed by atoms with Gasteiger partial charge in [-0.25, -0.2) is 4.98 Å². The summed E-state index contributed by atoms with van der Waals surface area (Å²) in [5.41, 5.74) is 1.94. The van der Waals surface area contributed by atoms with Crippen LogP contribution in [0.15, 0.2) is 28.9 Å². The van der Waals surface area contributed by atoms with E-state index in [1.54, 1.807) is 7.05 Å². The van der Waals surface area contributed by atoms with E-state index in [0.29, 0.717) is 16.2 Å². The molecule has 2 nitrogen and oxygen atoms in total. The van der Waals surface area contributed by atoms with Crippen molar-refractivity contribution in [3.8, 4) is 0 Å². The summed E-state index contributed by atoms with van der Waals surface area (Å²) < 4.78 is 38.8. The van der Waals surface area contributed by atoms with Crippen molar-refractivity contribution in [1.82, 2.24) is 10.3 Å². The lowest BCUT2D eigenvalue weighted by Gasteiger charge is -2.15. The summed E-state index contributed by atoms with van der Waals surface area (Å²) in [6, 6.07) is 5.48. The molecule has 0 bridgehead atoms. The third-order valence-electron chi connectivity index (χ3n) is 2.74. The molecule has 1 aromatic carbocycles. The molecule has 2 rings (SSSR count). The van der Waals surface area contributed by atoms with Crippen LogP contribution in [0, 0.1) is 6.92 Å². The van der Waals surface area contributed by atoms with E-state index in [1.165, 1.54) is 6.20 Å². The van der Waals surface area contributed by atoms with E-state index in [0.717, 1.165) is 15.6 Å². The standard InChI is InChI=1S/C13H12BrF3N2S/c1-7-3-8(5-9(14)4-7)11(18-2)10-6-19-12(20-10)13(15,16)17/h3-6,11,18H,1-2H3. The second-order valence-corrected chi connectivity index (χ2v) is 6.33. The molecule has 0 spiro atoms. The Bertz CT molecular complexity index is 590. The Morgan fingerprint density at radius 3 is 2.50 bits per heavy atom. The number of rotatable bonds is 3. The first-order valence-electron chi connectivity index (χ1n) is 5.78. The van der Waals surface area contributed by atoms with Gasteiger partial charge in [0.05, 0.1) is 6.04 Å². The Morgan fingerprint density at radius 1 is 1.30 bits per heavy atom. The van der Waals surface area contributed by atoms with Gasteiger partial charge in [-0.05, 0) is 37.2 Å². The molecule has 0 saturated carbocycles. The van der Waals surface area contributed by atoms with Gasteiger partial charge in [0, 0.05) is 15.5 Å².